The zero-order valence-electron chi connectivity index (χ0n) is 19.0. The molecule has 9 nitrogen and oxygen atoms in total. The number of anilines is 1. The van der Waals surface area contributed by atoms with E-state index in [1.807, 2.05) is 4.72 Å². The summed E-state index contributed by atoms with van der Waals surface area (Å²) < 4.78 is 27.4. The van der Waals surface area contributed by atoms with E-state index in [-0.39, 0.29) is 18.7 Å². The van der Waals surface area contributed by atoms with Gasteiger partial charge in [0.15, 0.2) is 0 Å². The van der Waals surface area contributed by atoms with Gasteiger partial charge in [0.25, 0.3) is 5.69 Å². The number of non-ortho nitro benzene ring substituents is 1. The molecule has 0 aliphatic rings. The quantitative estimate of drug-likeness (QED) is 0.261. The normalized spacial score (nSPS) is 11.9. The van der Waals surface area contributed by atoms with Crippen molar-refractivity contribution in [2.24, 2.45) is 5.92 Å². The van der Waals surface area contributed by atoms with Gasteiger partial charge in [0, 0.05) is 24.4 Å². The average molecular weight is 496 g/mol. The van der Waals surface area contributed by atoms with Crippen molar-refractivity contribution < 1.29 is 22.9 Å². The fraction of sp³-hybridized carbons (Fsp3) is 0.200. The lowest BCUT2D eigenvalue weighted by atomic mass is 9.96. The summed E-state index contributed by atoms with van der Waals surface area (Å²) in [5.41, 5.74) is 1.40. The van der Waals surface area contributed by atoms with Gasteiger partial charge in [-0.1, -0.05) is 60.7 Å². The maximum absolute atomic E-state index is 13.5. The summed E-state index contributed by atoms with van der Waals surface area (Å²) in [5, 5.41) is 11.0. The molecule has 0 aromatic heterocycles. The number of rotatable bonds is 10. The van der Waals surface area contributed by atoms with Crippen LogP contribution in [0.25, 0.3) is 0 Å². The molecule has 10 heteroatoms. The van der Waals surface area contributed by atoms with Crippen LogP contribution >= 0.6 is 0 Å². The molecule has 0 bridgehead atoms. The van der Waals surface area contributed by atoms with E-state index in [0.29, 0.717) is 16.8 Å². The SMILES string of the molecule is CCN(C(=O)C(Cc1ccc([N+](=O)[O-])cc1)C(=O)NS(=O)(=O)Cc1ccccc1)c1ccccc1. The number of nitro groups is 1. The summed E-state index contributed by atoms with van der Waals surface area (Å²) in [6.45, 7) is 2.00. The van der Waals surface area contributed by atoms with Crippen LogP contribution in [0.3, 0.4) is 0 Å². The first-order valence-corrected chi connectivity index (χ1v) is 12.5. The van der Waals surface area contributed by atoms with Crippen LogP contribution in [0.2, 0.25) is 0 Å². The smallest absolute Gasteiger partial charge is 0.269 e. The second-order valence-corrected chi connectivity index (χ2v) is 9.53. The van der Waals surface area contributed by atoms with Crippen LogP contribution in [0.1, 0.15) is 18.1 Å². The summed E-state index contributed by atoms with van der Waals surface area (Å²) in [5.74, 6) is -3.33. The molecule has 0 spiro atoms. The number of nitrogens with zero attached hydrogens (tertiary/aromatic N) is 2. The summed E-state index contributed by atoms with van der Waals surface area (Å²) in [7, 11) is -4.08. The first-order valence-electron chi connectivity index (χ1n) is 10.9. The Balaban J connectivity index is 1.89. The lowest BCUT2D eigenvalue weighted by Crippen LogP contribution is -2.46. The number of carbonyl (C=O) groups excluding carboxylic acids is 2. The number of amides is 2. The van der Waals surface area contributed by atoms with Gasteiger partial charge in [-0.3, -0.25) is 24.4 Å². The van der Waals surface area contributed by atoms with E-state index in [0.717, 1.165) is 0 Å². The molecule has 0 radical (unpaired) electrons. The first kappa shape index (κ1) is 25.6. The molecular weight excluding hydrogens is 470 g/mol. The second kappa shape index (κ2) is 11.4. The fourth-order valence-corrected chi connectivity index (χ4v) is 4.75. The topological polar surface area (TPSA) is 127 Å². The number of hydrogen-bond acceptors (Lipinski definition) is 6. The number of sulfonamides is 1. The maximum Gasteiger partial charge on any atom is 0.269 e. The zero-order valence-corrected chi connectivity index (χ0v) is 19.9. The highest BCUT2D eigenvalue weighted by Crippen LogP contribution is 2.21. The lowest BCUT2D eigenvalue weighted by Gasteiger charge is -2.26. The van der Waals surface area contributed by atoms with Gasteiger partial charge in [-0.2, -0.15) is 0 Å². The minimum atomic E-state index is -4.08. The van der Waals surface area contributed by atoms with Gasteiger partial charge in [-0.25, -0.2) is 8.42 Å². The van der Waals surface area contributed by atoms with Crippen molar-refractivity contribution >= 4 is 33.2 Å². The van der Waals surface area contributed by atoms with E-state index in [2.05, 4.69) is 0 Å². The summed E-state index contributed by atoms with van der Waals surface area (Å²) in [6.07, 6.45) is -0.132. The number of nitrogens with one attached hydrogen (secondary N) is 1. The van der Waals surface area contributed by atoms with Gasteiger partial charge < -0.3 is 4.90 Å². The molecule has 3 aromatic rings. The van der Waals surface area contributed by atoms with Gasteiger partial charge in [0.1, 0.15) is 5.92 Å². The van der Waals surface area contributed by atoms with Gasteiger partial charge in [0.05, 0.1) is 10.7 Å². The molecule has 3 aromatic carbocycles. The van der Waals surface area contributed by atoms with Crippen LogP contribution in [-0.2, 0) is 31.8 Å². The Kier molecular flexibility index (Phi) is 8.32. The van der Waals surface area contributed by atoms with Crippen LogP contribution in [0.15, 0.2) is 84.9 Å². The third-order valence-electron chi connectivity index (χ3n) is 5.31. The Bertz CT molecular complexity index is 1280. The molecule has 35 heavy (non-hydrogen) atoms. The van der Waals surface area contributed by atoms with E-state index in [9.17, 15) is 28.1 Å². The third kappa shape index (κ3) is 6.97. The molecule has 2 amide bonds. The average Bonchev–Trinajstić information content (AvgIpc) is 2.83. The predicted octanol–water partition coefficient (Wildman–Crippen LogP) is 3.45. The highest BCUT2D eigenvalue weighted by atomic mass is 32.2. The van der Waals surface area contributed by atoms with E-state index in [1.54, 1.807) is 67.6 Å². The highest BCUT2D eigenvalue weighted by molar-refractivity contribution is 7.89. The molecule has 1 atom stereocenters. The fourth-order valence-electron chi connectivity index (χ4n) is 3.60. The molecule has 1 unspecified atom stereocenters. The molecular formula is C25H25N3O6S. The van der Waals surface area contributed by atoms with Gasteiger partial charge >= 0.3 is 0 Å². The van der Waals surface area contributed by atoms with Crippen LogP contribution in [0.5, 0.6) is 0 Å². The summed E-state index contributed by atoms with van der Waals surface area (Å²) in [6, 6.07) is 22.5. The molecule has 3 rings (SSSR count). The van der Waals surface area contributed by atoms with Crippen LogP contribution in [-0.4, -0.2) is 31.7 Å². The maximum atomic E-state index is 13.5. The monoisotopic (exact) mass is 495 g/mol. The van der Waals surface area contributed by atoms with E-state index in [4.69, 9.17) is 0 Å². The highest BCUT2D eigenvalue weighted by Gasteiger charge is 2.33. The van der Waals surface area contributed by atoms with Gasteiger partial charge in [0.2, 0.25) is 21.8 Å². The molecule has 0 saturated heterocycles. The van der Waals surface area contributed by atoms with Crippen molar-refractivity contribution in [3.63, 3.8) is 0 Å². The Morgan fingerprint density at radius 3 is 2.03 bits per heavy atom. The molecule has 0 saturated carbocycles. The Hall–Kier alpha value is -4.05. The minimum Gasteiger partial charge on any atom is -0.312 e. The largest absolute Gasteiger partial charge is 0.312 e. The van der Waals surface area contributed by atoms with E-state index < -0.39 is 38.4 Å². The second-order valence-electron chi connectivity index (χ2n) is 7.81. The van der Waals surface area contributed by atoms with Crippen LogP contribution in [0.4, 0.5) is 11.4 Å². The lowest BCUT2D eigenvalue weighted by molar-refractivity contribution is -0.384. The third-order valence-corrected chi connectivity index (χ3v) is 6.53. The molecule has 0 aliphatic heterocycles. The van der Waals surface area contributed by atoms with Crippen molar-refractivity contribution in [3.8, 4) is 0 Å². The number of benzene rings is 3. The Labute approximate surface area is 203 Å². The first-order chi connectivity index (χ1) is 16.7. The number of carbonyl (C=O) groups is 2. The van der Waals surface area contributed by atoms with Crippen molar-refractivity contribution in [3.05, 3.63) is 106 Å². The van der Waals surface area contributed by atoms with Gasteiger partial charge in [-0.15, -0.1) is 0 Å². The molecule has 0 fully saturated rings. The zero-order chi connectivity index (χ0) is 25.4. The molecule has 182 valence electrons. The standard InChI is InChI=1S/C25H25N3O6S/c1-2-27(21-11-7-4-8-12-21)25(30)23(17-19-13-15-22(16-14-19)28(31)32)24(29)26-35(33,34)18-20-9-5-3-6-10-20/h3-16,23H,2,17-18H2,1H3,(H,26,29). The minimum absolute atomic E-state index is 0.132. The van der Waals surface area contributed by atoms with Crippen molar-refractivity contribution in [1.82, 2.24) is 4.72 Å². The van der Waals surface area contributed by atoms with Crippen molar-refractivity contribution in [2.75, 3.05) is 11.4 Å². The van der Waals surface area contributed by atoms with Crippen molar-refractivity contribution in [1.29, 1.82) is 0 Å². The summed E-state index contributed by atoms with van der Waals surface area (Å²) >= 11 is 0. The molecule has 0 aliphatic carbocycles. The predicted molar refractivity (Wildman–Crippen MR) is 132 cm³/mol. The number of hydrogen-bond donors (Lipinski definition) is 1. The number of para-hydroxylation sites is 1. The van der Waals surface area contributed by atoms with Crippen LogP contribution < -0.4 is 9.62 Å². The van der Waals surface area contributed by atoms with Crippen LogP contribution in [0, 0.1) is 16.0 Å². The van der Waals surface area contributed by atoms with E-state index >= 15 is 0 Å². The number of nitro benzene ring substituents is 1. The Morgan fingerprint density at radius 2 is 1.49 bits per heavy atom. The summed E-state index contributed by atoms with van der Waals surface area (Å²) in [4.78, 5) is 38.5. The van der Waals surface area contributed by atoms with Gasteiger partial charge in [-0.05, 0) is 36.6 Å². The van der Waals surface area contributed by atoms with Crippen molar-refractivity contribution in [2.45, 2.75) is 19.1 Å². The van der Waals surface area contributed by atoms with E-state index in [1.165, 1.54) is 29.2 Å². The Morgan fingerprint density at radius 1 is 0.914 bits per heavy atom. The molecule has 0 heterocycles. The molecule has 1 N–H and O–H groups in total.